The molecule has 0 aromatic heterocycles. The molecule has 0 bridgehead atoms. The van der Waals surface area contributed by atoms with Gasteiger partial charge in [-0.15, -0.1) is 0 Å². The molecule has 2 atom stereocenters. The molecule has 0 aliphatic heterocycles. The molecular weight excluding hydrogens is 582 g/mol. The monoisotopic (exact) mass is 639 g/mol. The van der Waals surface area contributed by atoms with E-state index in [2.05, 4.69) is 38.2 Å². The van der Waals surface area contributed by atoms with Crippen LogP contribution < -0.4 is 5.11 Å². The van der Waals surface area contributed by atoms with Crippen LogP contribution in [-0.4, -0.2) is 75.5 Å². The minimum Gasteiger partial charge on any atom is -0.544 e. The van der Waals surface area contributed by atoms with E-state index in [9.17, 15) is 19.5 Å². The van der Waals surface area contributed by atoms with E-state index in [0.717, 1.165) is 25.7 Å². The lowest BCUT2D eigenvalue weighted by Crippen LogP contribution is -2.55. The van der Waals surface area contributed by atoms with E-state index < -0.39 is 24.1 Å². The lowest BCUT2D eigenvalue weighted by atomic mass is 10.1. The van der Waals surface area contributed by atoms with Gasteiger partial charge in [-0.1, -0.05) is 111 Å². The first-order valence-electron chi connectivity index (χ1n) is 16.3. The number of allylic oxidation sites excluding steroid dienone is 15. The lowest BCUT2D eigenvalue weighted by Gasteiger charge is -2.34. The highest BCUT2D eigenvalue weighted by Gasteiger charge is 2.25. The summed E-state index contributed by atoms with van der Waals surface area (Å²) in [6.45, 7) is 4.14. The van der Waals surface area contributed by atoms with Crippen molar-refractivity contribution in [2.24, 2.45) is 0 Å². The van der Waals surface area contributed by atoms with Crippen LogP contribution in [0.25, 0.3) is 0 Å². The van der Waals surface area contributed by atoms with Crippen molar-refractivity contribution < 1.29 is 38.2 Å². The van der Waals surface area contributed by atoms with Crippen LogP contribution in [0.5, 0.6) is 0 Å². The smallest absolute Gasteiger partial charge is 0.310 e. The number of ether oxygens (including phenoxy) is 3. The third-order valence-electron chi connectivity index (χ3n) is 6.38. The van der Waals surface area contributed by atoms with Crippen molar-refractivity contribution >= 4 is 17.9 Å². The van der Waals surface area contributed by atoms with Crippen molar-refractivity contribution in [2.75, 3.05) is 41.0 Å². The highest BCUT2D eigenvalue weighted by molar-refractivity contribution is 5.71. The summed E-state index contributed by atoms with van der Waals surface area (Å²) in [5, 5.41) is 11.5. The van der Waals surface area contributed by atoms with Crippen molar-refractivity contribution in [2.45, 2.75) is 83.8 Å². The van der Waals surface area contributed by atoms with Crippen molar-refractivity contribution in [1.29, 1.82) is 0 Å². The Morgan fingerprint density at radius 3 is 1.85 bits per heavy atom. The van der Waals surface area contributed by atoms with E-state index in [1.165, 1.54) is 0 Å². The van der Waals surface area contributed by atoms with Gasteiger partial charge >= 0.3 is 11.9 Å². The van der Waals surface area contributed by atoms with Gasteiger partial charge in [0.25, 0.3) is 0 Å². The SMILES string of the molecule is CC/C=C/C=C/C=C/C=C/C=C/CCCC(=O)OCC(COCCC(C(=O)[O-])[N+](C)(C)C)OC(=O)C/C=C/C/C=C/C/C=C/CC. The summed E-state index contributed by atoms with van der Waals surface area (Å²) in [7, 11) is 5.32. The lowest BCUT2D eigenvalue weighted by molar-refractivity contribution is -0.889. The van der Waals surface area contributed by atoms with Crippen molar-refractivity contribution in [3.8, 4) is 0 Å². The molecule has 0 saturated carbocycles. The molecule has 0 aliphatic carbocycles. The third-order valence-corrected chi connectivity index (χ3v) is 6.38. The van der Waals surface area contributed by atoms with E-state index in [1.54, 1.807) is 27.2 Å². The number of quaternary nitrogens is 1. The number of carbonyl (C=O) groups is 3. The number of carboxylic acid groups (broad SMARTS) is 1. The summed E-state index contributed by atoms with van der Waals surface area (Å²) in [6.07, 6.45) is 36.4. The number of carboxylic acids is 1. The number of esters is 2. The highest BCUT2D eigenvalue weighted by Crippen LogP contribution is 2.09. The Hall–Kier alpha value is -3.75. The second-order valence-corrected chi connectivity index (χ2v) is 11.4. The Morgan fingerprint density at radius 1 is 0.696 bits per heavy atom. The van der Waals surface area contributed by atoms with E-state index in [4.69, 9.17) is 14.2 Å². The van der Waals surface area contributed by atoms with Gasteiger partial charge in [0.2, 0.25) is 0 Å². The number of nitrogens with zero attached hydrogens (tertiary/aromatic N) is 1. The summed E-state index contributed by atoms with van der Waals surface area (Å²) < 4.78 is 16.8. The molecule has 8 nitrogen and oxygen atoms in total. The second kappa shape index (κ2) is 28.7. The Kier molecular flexibility index (Phi) is 26.4. The van der Waals surface area contributed by atoms with Crippen LogP contribution in [0.1, 0.15) is 71.6 Å². The number of unbranched alkanes of at least 4 members (excludes halogenated alkanes) is 1. The van der Waals surface area contributed by atoms with E-state index in [1.807, 2.05) is 66.8 Å². The predicted molar refractivity (Wildman–Crippen MR) is 185 cm³/mol. The van der Waals surface area contributed by atoms with Gasteiger partial charge in [0.1, 0.15) is 12.6 Å². The van der Waals surface area contributed by atoms with Crippen LogP contribution in [0.3, 0.4) is 0 Å². The number of rotatable bonds is 26. The molecule has 8 heteroatoms. The molecule has 0 aromatic rings. The summed E-state index contributed by atoms with van der Waals surface area (Å²) in [5.41, 5.74) is 0. The summed E-state index contributed by atoms with van der Waals surface area (Å²) in [6, 6.07) is -0.753. The Morgan fingerprint density at radius 2 is 1.26 bits per heavy atom. The minimum atomic E-state index is -1.15. The Bertz CT molecular complexity index is 1070. The molecule has 0 aliphatic rings. The van der Waals surface area contributed by atoms with Gasteiger partial charge < -0.3 is 28.6 Å². The molecule has 0 spiro atoms. The van der Waals surface area contributed by atoms with E-state index in [-0.39, 0.29) is 49.5 Å². The zero-order valence-corrected chi connectivity index (χ0v) is 28.7. The number of likely N-dealkylation sites (N-methyl/N-ethyl adjacent to an activating group) is 1. The molecule has 2 unspecified atom stereocenters. The fourth-order valence-corrected chi connectivity index (χ4v) is 3.87. The van der Waals surface area contributed by atoms with Crippen LogP contribution in [0.2, 0.25) is 0 Å². The minimum absolute atomic E-state index is 0.0254. The van der Waals surface area contributed by atoms with Crippen molar-refractivity contribution in [3.05, 3.63) is 97.2 Å². The summed E-state index contributed by atoms with van der Waals surface area (Å²) in [4.78, 5) is 36.3. The van der Waals surface area contributed by atoms with Crippen LogP contribution in [0, 0.1) is 0 Å². The predicted octanol–water partition coefficient (Wildman–Crippen LogP) is 6.28. The van der Waals surface area contributed by atoms with Gasteiger partial charge in [0.15, 0.2) is 6.10 Å². The van der Waals surface area contributed by atoms with Crippen molar-refractivity contribution in [3.63, 3.8) is 0 Å². The Labute approximate surface area is 277 Å². The Balaban J connectivity index is 4.75. The zero-order valence-electron chi connectivity index (χ0n) is 28.7. The van der Waals surface area contributed by atoms with Crippen LogP contribution in [0.4, 0.5) is 0 Å². The van der Waals surface area contributed by atoms with Crippen molar-refractivity contribution in [1.82, 2.24) is 0 Å². The summed E-state index contributed by atoms with van der Waals surface area (Å²) >= 11 is 0. The first kappa shape index (κ1) is 42.2. The number of hydrogen-bond donors (Lipinski definition) is 0. The molecule has 0 rings (SSSR count). The first-order valence-corrected chi connectivity index (χ1v) is 16.3. The standard InChI is InChI=1S/C38H57NO7/c1-6-8-10-12-14-16-17-18-19-21-22-24-26-28-36(40)45-33-34(32-44-31-30-35(38(42)43)39(3,4)5)46-37(41)29-27-25-23-20-15-13-11-9-7-2/h8-12,14-22,25,27,34-35H,6-7,13,23-24,26,28-33H2,1-5H3/b10-8+,11-9+,14-12+,17-16+,19-18+,20-15+,22-21+,27-25+. The van der Waals surface area contributed by atoms with Gasteiger partial charge in [-0.3, -0.25) is 9.59 Å². The molecule has 46 heavy (non-hydrogen) atoms. The average Bonchev–Trinajstić information content (AvgIpc) is 3.00. The average molecular weight is 640 g/mol. The van der Waals surface area contributed by atoms with E-state index in [0.29, 0.717) is 12.8 Å². The molecule has 0 radical (unpaired) electrons. The topological polar surface area (TPSA) is 102 Å². The van der Waals surface area contributed by atoms with Gasteiger partial charge in [0.05, 0.1) is 46.7 Å². The fraction of sp³-hybridized carbons (Fsp3) is 0.500. The van der Waals surface area contributed by atoms with Gasteiger partial charge in [0, 0.05) is 12.8 Å². The zero-order chi connectivity index (χ0) is 34.3. The molecule has 0 aromatic carbocycles. The number of hydrogen-bond acceptors (Lipinski definition) is 7. The van der Waals surface area contributed by atoms with Gasteiger partial charge in [-0.05, 0) is 38.5 Å². The molecule has 0 saturated heterocycles. The van der Waals surface area contributed by atoms with Gasteiger partial charge in [-0.2, -0.15) is 0 Å². The van der Waals surface area contributed by atoms with Gasteiger partial charge in [-0.25, -0.2) is 0 Å². The maximum atomic E-state index is 12.5. The largest absolute Gasteiger partial charge is 0.544 e. The molecule has 0 amide bonds. The number of carbonyl (C=O) groups excluding carboxylic acids is 3. The molecule has 0 heterocycles. The van der Waals surface area contributed by atoms with Crippen LogP contribution in [0.15, 0.2) is 97.2 Å². The first-order chi connectivity index (χ1) is 22.1. The maximum absolute atomic E-state index is 12.5. The number of aliphatic carboxylic acids is 1. The maximum Gasteiger partial charge on any atom is 0.310 e. The van der Waals surface area contributed by atoms with Crippen LogP contribution in [-0.2, 0) is 28.6 Å². The highest BCUT2D eigenvalue weighted by atomic mass is 16.6. The summed E-state index contributed by atoms with van der Waals surface area (Å²) in [5.74, 6) is -2.01. The normalized spacial score (nSPS) is 14.4. The molecule has 0 fully saturated rings. The second-order valence-electron chi connectivity index (χ2n) is 11.4. The quantitative estimate of drug-likeness (QED) is 0.0361. The molecule has 256 valence electrons. The molecular formula is C38H57NO7. The third kappa shape index (κ3) is 26.6. The fourth-order valence-electron chi connectivity index (χ4n) is 3.87. The molecule has 0 N–H and O–H groups in total. The van der Waals surface area contributed by atoms with Crippen LogP contribution >= 0.6 is 0 Å². The van der Waals surface area contributed by atoms with E-state index >= 15 is 0 Å².